The van der Waals surface area contributed by atoms with Crippen LogP contribution in [0.4, 0.5) is 4.79 Å². The van der Waals surface area contributed by atoms with Gasteiger partial charge in [-0.3, -0.25) is 4.79 Å². The molecule has 2 aliphatic heterocycles. The molecule has 4 rings (SSSR count). The Kier molecular flexibility index (Phi) is 8.63. The summed E-state index contributed by atoms with van der Waals surface area (Å²) in [5, 5.41) is 23.8. The van der Waals surface area contributed by atoms with E-state index in [0.29, 0.717) is 26.3 Å². The van der Waals surface area contributed by atoms with E-state index in [2.05, 4.69) is 16.7 Å². The van der Waals surface area contributed by atoms with E-state index in [-0.39, 0.29) is 37.4 Å². The summed E-state index contributed by atoms with van der Waals surface area (Å²) < 4.78 is 37.6. The second-order valence-corrected chi connectivity index (χ2v) is 11.2. The van der Waals surface area contributed by atoms with Gasteiger partial charge in [0.1, 0.15) is 11.6 Å². The molecule has 11 nitrogen and oxygen atoms in total. The van der Waals surface area contributed by atoms with Crippen LogP contribution in [0.1, 0.15) is 18.4 Å². The molecule has 0 aliphatic carbocycles. The lowest BCUT2D eigenvalue weighted by molar-refractivity contribution is -0.131. The van der Waals surface area contributed by atoms with Crippen LogP contribution in [0.3, 0.4) is 0 Å². The molecule has 0 radical (unpaired) electrons. The van der Waals surface area contributed by atoms with E-state index in [9.17, 15) is 28.4 Å². The first kappa shape index (κ1) is 27.5. The number of rotatable bonds is 8. The van der Waals surface area contributed by atoms with Crippen LogP contribution in [0.5, 0.6) is 0 Å². The van der Waals surface area contributed by atoms with Crippen LogP contribution >= 0.6 is 0 Å². The van der Waals surface area contributed by atoms with Gasteiger partial charge in [0.15, 0.2) is 0 Å². The average molecular weight is 543 g/mol. The summed E-state index contributed by atoms with van der Waals surface area (Å²) in [6, 6.07) is 15.3. The van der Waals surface area contributed by atoms with Crippen molar-refractivity contribution in [3.63, 3.8) is 0 Å². The third-order valence-corrected chi connectivity index (χ3v) is 8.69. The molecular weight excluding hydrogens is 512 g/mol. The second kappa shape index (κ2) is 11.9. The van der Waals surface area contributed by atoms with Gasteiger partial charge >= 0.3 is 6.09 Å². The monoisotopic (exact) mass is 542 g/mol. The minimum absolute atomic E-state index is 0.185. The highest BCUT2D eigenvalue weighted by atomic mass is 32.2. The number of ether oxygens (including phenoxy) is 2. The molecule has 0 saturated carbocycles. The fraction of sp³-hybridized carbons (Fsp3) is 0.423. The summed E-state index contributed by atoms with van der Waals surface area (Å²) in [6.45, 7) is 1.92. The van der Waals surface area contributed by atoms with Gasteiger partial charge in [0, 0.05) is 45.6 Å². The van der Waals surface area contributed by atoms with E-state index >= 15 is 0 Å². The molecule has 2 amide bonds. The Morgan fingerprint density at radius 3 is 2.08 bits per heavy atom. The highest BCUT2D eigenvalue weighted by molar-refractivity contribution is 7.89. The van der Waals surface area contributed by atoms with Gasteiger partial charge in [0.05, 0.1) is 24.2 Å². The zero-order valence-corrected chi connectivity index (χ0v) is 21.6. The highest BCUT2D eigenvalue weighted by Crippen LogP contribution is 2.25. The number of nitrogens with one attached hydrogen (secondary N) is 2. The first-order chi connectivity index (χ1) is 18.2. The Labute approximate surface area is 221 Å². The molecule has 1 atom stereocenters. The number of hydrogen-bond donors (Lipinski definition) is 3. The highest BCUT2D eigenvalue weighted by Gasteiger charge is 2.42. The molecule has 2 aromatic rings. The number of hydrogen-bond acceptors (Lipinski definition) is 7. The number of carboxylic acid groups (broad SMARTS) is 1. The number of carbonyl (C=O) groups is 2. The van der Waals surface area contributed by atoms with Gasteiger partial charge in [-0.2, -0.15) is 9.57 Å². The summed E-state index contributed by atoms with van der Waals surface area (Å²) in [6.07, 6.45) is -0.702. The van der Waals surface area contributed by atoms with Crippen LogP contribution < -0.4 is 10.6 Å². The van der Waals surface area contributed by atoms with Crippen LogP contribution in [0.25, 0.3) is 11.1 Å². The van der Waals surface area contributed by atoms with Gasteiger partial charge in [-0.05, 0) is 28.8 Å². The lowest BCUT2D eigenvalue weighted by Crippen LogP contribution is -2.62. The number of carbonyl (C=O) groups excluding carboxylic acids is 1. The maximum absolute atomic E-state index is 13.0. The normalized spacial score (nSPS) is 18.6. The van der Waals surface area contributed by atoms with Crippen molar-refractivity contribution >= 4 is 22.0 Å². The van der Waals surface area contributed by atoms with E-state index < -0.39 is 33.6 Å². The molecule has 202 valence electrons. The predicted molar refractivity (Wildman–Crippen MR) is 137 cm³/mol. The maximum atomic E-state index is 13.0. The van der Waals surface area contributed by atoms with Crippen LogP contribution in [-0.4, -0.2) is 80.9 Å². The van der Waals surface area contributed by atoms with E-state index in [0.717, 1.165) is 16.7 Å². The lowest BCUT2D eigenvalue weighted by atomic mass is 9.88. The Morgan fingerprint density at radius 1 is 0.974 bits per heavy atom. The Bertz CT molecular complexity index is 1280. The van der Waals surface area contributed by atoms with Crippen molar-refractivity contribution in [1.29, 1.82) is 5.26 Å². The number of amides is 2. The van der Waals surface area contributed by atoms with Crippen molar-refractivity contribution in [3.8, 4) is 17.2 Å². The fourth-order valence-corrected chi connectivity index (χ4v) is 5.99. The Hall–Kier alpha value is -3.50. The van der Waals surface area contributed by atoms with Crippen molar-refractivity contribution in [1.82, 2.24) is 14.9 Å². The summed E-state index contributed by atoms with van der Waals surface area (Å²) in [4.78, 5) is 24.5. The third kappa shape index (κ3) is 6.31. The molecule has 38 heavy (non-hydrogen) atoms. The van der Waals surface area contributed by atoms with Crippen LogP contribution in [-0.2, 0) is 30.7 Å². The number of nitrogens with zero attached hydrogens (tertiary/aromatic N) is 2. The summed E-state index contributed by atoms with van der Waals surface area (Å²) in [5.41, 5.74) is 1.18. The van der Waals surface area contributed by atoms with Gasteiger partial charge in [-0.1, -0.05) is 36.4 Å². The predicted octanol–water partition coefficient (Wildman–Crippen LogP) is 1.74. The molecule has 2 aromatic carbocycles. The molecule has 0 spiro atoms. The van der Waals surface area contributed by atoms with Crippen molar-refractivity contribution < 1.29 is 32.6 Å². The van der Waals surface area contributed by atoms with E-state index in [4.69, 9.17) is 9.47 Å². The van der Waals surface area contributed by atoms with Gasteiger partial charge in [0.2, 0.25) is 15.9 Å². The number of nitriles is 1. The van der Waals surface area contributed by atoms with Gasteiger partial charge in [-0.25, -0.2) is 13.2 Å². The molecule has 0 aromatic heterocycles. The maximum Gasteiger partial charge on any atom is 0.405 e. The molecule has 2 fully saturated rings. The topological polar surface area (TPSA) is 158 Å². The standard InChI is InChI=1S/C26H30N4O7S/c27-18-22(28-24(31)26(29-25(32)33)9-13-36-14-10-26)17-19-1-3-20(4-2-19)21-5-7-23(8-6-21)38(34,35)30-11-15-37-16-12-30/h1-8,22,29H,9-17H2,(H,28,31)(H,32,33). The third-order valence-electron chi connectivity index (χ3n) is 6.78. The number of sulfonamides is 1. The lowest BCUT2D eigenvalue weighted by Gasteiger charge is -2.36. The quantitative estimate of drug-likeness (QED) is 0.455. The smallest absolute Gasteiger partial charge is 0.405 e. The van der Waals surface area contributed by atoms with E-state index in [1.807, 2.05) is 24.3 Å². The molecule has 2 saturated heterocycles. The van der Waals surface area contributed by atoms with Crippen molar-refractivity contribution in [2.75, 3.05) is 39.5 Å². The summed E-state index contributed by atoms with van der Waals surface area (Å²) in [5.74, 6) is -0.543. The summed E-state index contributed by atoms with van der Waals surface area (Å²) >= 11 is 0. The largest absolute Gasteiger partial charge is 0.465 e. The second-order valence-electron chi connectivity index (χ2n) is 9.22. The van der Waals surface area contributed by atoms with Crippen LogP contribution in [0, 0.1) is 11.3 Å². The molecule has 1 unspecified atom stereocenters. The van der Waals surface area contributed by atoms with E-state index in [1.165, 1.54) is 4.31 Å². The molecule has 3 N–H and O–H groups in total. The minimum Gasteiger partial charge on any atom is -0.465 e. The Morgan fingerprint density at radius 2 is 1.53 bits per heavy atom. The first-order valence-electron chi connectivity index (χ1n) is 12.3. The van der Waals surface area contributed by atoms with Crippen molar-refractivity contribution in [3.05, 3.63) is 54.1 Å². The molecular formula is C26H30N4O7S. The van der Waals surface area contributed by atoms with Crippen molar-refractivity contribution in [2.45, 2.75) is 35.7 Å². The van der Waals surface area contributed by atoms with Crippen molar-refractivity contribution in [2.24, 2.45) is 0 Å². The fourth-order valence-electron chi connectivity index (χ4n) is 4.58. The Balaban J connectivity index is 1.40. The molecule has 2 aliphatic rings. The summed E-state index contributed by atoms with van der Waals surface area (Å²) in [7, 11) is -3.57. The van der Waals surface area contributed by atoms with Gasteiger partial charge in [0.25, 0.3) is 0 Å². The van der Waals surface area contributed by atoms with Gasteiger partial charge < -0.3 is 25.2 Å². The minimum atomic E-state index is -3.57. The first-order valence-corrected chi connectivity index (χ1v) is 13.7. The van der Waals surface area contributed by atoms with Crippen LogP contribution in [0.15, 0.2) is 53.4 Å². The molecule has 0 bridgehead atoms. The number of benzene rings is 2. The zero-order valence-electron chi connectivity index (χ0n) is 20.8. The van der Waals surface area contributed by atoms with Gasteiger partial charge in [-0.15, -0.1) is 0 Å². The number of morpholine rings is 1. The van der Waals surface area contributed by atoms with E-state index in [1.54, 1.807) is 24.3 Å². The molecule has 2 heterocycles. The average Bonchev–Trinajstić information content (AvgIpc) is 2.93. The zero-order chi connectivity index (χ0) is 27.2. The molecule has 12 heteroatoms. The SMILES string of the molecule is N#CC(Cc1ccc(-c2ccc(S(=O)(=O)N3CCOCC3)cc2)cc1)NC(=O)C1(NC(=O)O)CCOCC1. The van der Waals surface area contributed by atoms with Crippen LogP contribution in [0.2, 0.25) is 0 Å².